The third-order valence-corrected chi connectivity index (χ3v) is 2.24. The van der Waals surface area contributed by atoms with Gasteiger partial charge < -0.3 is 0 Å². The summed E-state index contributed by atoms with van der Waals surface area (Å²) < 4.78 is 2.12. The van der Waals surface area contributed by atoms with E-state index in [0.29, 0.717) is 6.04 Å². The molecule has 0 amide bonds. The minimum atomic E-state index is 0.586. The van der Waals surface area contributed by atoms with Crippen molar-refractivity contribution in [1.29, 1.82) is 0 Å². The van der Waals surface area contributed by atoms with Crippen LogP contribution in [0.1, 0.15) is 13.8 Å². The van der Waals surface area contributed by atoms with E-state index >= 15 is 0 Å². The van der Waals surface area contributed by atoms with E-state index in [1.807, 2.05) is 0 Å². The molecule has 0 aromatic heterocycles. The molecule has 3 heteroatoms. The highest BCUT2D eigenvalue weighted by Crippen LogP contribution is 2.06. The van der Waals surface area contributed by atoms with Crippen LogP contribution in [-0.2, 0) is 0 Å². The Morgan fingerprint density at radius 1 is 1.22 bits per heavy atom. The van der Waals surface area contributed by atoms with Crippen LogP contribution in [-0.4, -0.2) is 35.8 Å². The summed E-state index contributed by atoms with van der Waals surface area (Å²) in [5.74, 6) is 0. The molecule has 9 heavy (non-hydrogen) atoms. The summed E-state index contributed by atoms with van der Waals surface area (Å²) in [7, 11) is 4.14. The van der Waals surface area contributed by atoms with E-state index in [2.05, 4.69) is 43.6 Å². The molecule has 0 fully saturated rings. The van der Waals surface area contributed by atoms with E-state index in [4.69, 9.17) is 0 Å². The van der Waals surface area contributed by atoms with Crippen LogP contribution in [0.4, 0.5) is 0 Å². The van der Waals surface area contributed by atoms with Gasteiger partial charge in [-0.15, -0.1) is 0 Å². The van der Waals surface area contributed by atoms with Crippen LogP contribution in [0.15, 0.2) is 0 Å². The van der Waals surface area contributed by atoms with Gasteiger partial charge in [0.15, 0.2) is 0 Å². The second-order valence-electron chi connectivity index (χ2n) is 2.31. The quantitative estimate of drug-likeness (QED) is 0.442. The van der Waals surface area contributed by atoms with Crippen LogP contribution in [0.25, 0.3) is 0 Å². The first-order chi connectivity index (χ1) is 4.09. The molecular weight excluding hydrogens is 132 g/mol. The Morgan fingerprint density at radius 3 is 1.78 bits per heavy atom. The lowest BCUT2D eigenvalue weighted by molar-refractivity contribution is 0.0956. The Morgan fingerprint density at radius 2 is 1.67 bits per heavy atom. The Hall–Kier alpha value is 0.270. The molecular formula is C6H16N2S. The zero-order valence-corrected chi connectivity index (χ0v) is 7.70. The average molecular weight is 148 g/mol. The standard InChI is InChI=1S/C6H16N2S/c1-6(2)7(3)8(4)9-5/h6H,1-5H3. The zero-order valence-electron chi connectivity index (χ0n) is 6.88. The molecule has 0 aliphatic heterocycles. The van der Waals surface area contributed by atoms with Gasteiger partial charge in [-0.05, 0) is 20.1 Å². The fourth-order valence-corrected chi connectivity index (χ4v) is 0.900. The molecule has 0 saturated carbocycles. The maximum absolute atomic E-state index is 2.19. The fraction of sp³-hybridized carbons (Fsp3) is 1.00. The summed E-state index contributed by atoms with van der Waals surface area (Å²) in [6.07, 6.45) is 2.07. The predicted octanol–water partition coefficient (Wildman–Crippen LogP) is 1.45. The molecule has 0 radical (unpaired) electrons. The Bertz CT molecular complexity index is 75.5. The lowest BCUT2D eigenvalue weighted by atomic mass is 10.4. The molecule has 0 spiro atoms. The third-order valence-electron chi connectivity index (χ3n) is 1.46. The number of hydrogen-bond acceptors (Lipinski definition) is 3. The van der Waals surface area contributed by atoms with E-state index in [-0.39, 0.29) is 0 Å². The normalized spacial score (nSPS) is 12.0. The molecule has 0 unspecified atom stereocenters. The van der Waals surface area contributed by atoms with E-state index in [0.717, 1.165) is 0 Å². The van der Waals surface area contributed by atoms with Crippen molar-refractivity contribution in [3.05, 3.63) is 0 Å². The van der Waals surface area contributed by atoms with Crippen molar-refractivity contribution >= 4 is 11.9 Å². The van der Waals surface area contributed by atoms with Crippen molar-refractivity contribution in [2.24, 2.45) is 0 Å². The second kappa shape index (κ2) is 4.14. The summed E-state index contributed by atoms with van der Waals surface area (Å²) in [5.41, 5.74) is 0. The first kappa shape index (κ1) is 9.27. The van der Waals surface area contributed by atoms with Crippen molar-refractivity contribution in [1.82, 2.24) is 9.42 Å². The second-order valence-corrected chi connectivity index (χ2v) is 3.21. The van der Waals surface area contributed by atoms with Gasteiger partial charge >= 0.3 is 0 Å². The molecule has 0 N–H and O–H groups in total. The monoisotopic (exact) mass is 148 g/mol. The molecule has 0 aromatic rings. The largest absolute Gasteiger partial charge is 0.233 e. The lowest BCUT2D eigenvalue weighted by Crippen LogP contribution is -2.36. The van der Waals surface area contributed by atoms with Gasteiger partial charge in [0.2, 0.25) is 0 Å². The highest BCUT2D eigenvalue weighted by Gasteiger charge is 2.06. The SMILES string of the molecule is CSN(C)N(C)C(C)C. The highest BCUT2D eigenvalue weighted by atomic mass is 32.2. The number of rotatable bonds is 3. The van der Waals surface area contributed by atoms with E-state index in [9.17, 15) is 0 Å². The molecule has 0 aliphatic rings. The molecule has 0 aromatic carbocycles. The van der Waals surface area contributed by atoms with Gasteiger partial charge in [0.1, 0.15) is 0 Å². The van der Waals surface area contributed by atoms with Gasteiger partial charge in [-0.25, -0.2) is 5.01 Å². The van der Waals surface area contributed by atoms with Crippen LogP contribution < -0.4 is 0 Å². The summed E-state index contributed by atoms with van der Waals surface area (Å²) in [4.78, 5) is 0. The number of hydrogen-bond donors (Lipinski definition) is 0. The molecule has 0 saturated heterocycles. The highest BCUT2D eigenvalue weighted by molar-refractivity contribution is 7.96. The molecule has 56 valence electrons. The lowest BCUT2D eigenvalue weighted by Gasteiger charge is -2.28. The Balaban J connectivity index is 3.58. The van der Waals surface area contributed by atoms with Gasteiger partial charge in [0.25, 0.3) is 0 Å². The smallest absolute Gasteiger partial charge is 0.0195 e. The van der Waals surface area contributed by atoms with Crippen molar-refractivity contribution in [2.45, 2.75) is 19.9 Å². The van der Waals surface area contributed by atoms with Gasteiger partial charge in [0, 0.05) is 20.1 Å². The Labute approximate surface area is 62.3 Å². The first-order valence-corrected chi connectivity index (χ1v) is 4.28. The fourth-order valence-electron chi connectivity index (χ4n) is 0.454. The Kier molecular flexibility index (Phi) is 4.27. The summed E-state index contributed by atoms with van der Waals surface area (Å²) >= 11 is 1.72. The third kappa shape index (κ3) is 3.08. The van der Waals surface area contributed by atoms with Crippen molar-refractivity contribution in [3.8, 4) is 0 Å². The number of nitrogens with zero attached hydrogens (tertiary/aromatic N) is 2. The maximum atomic E-state index is 2.19. The molecule has 0 aliphatic carbocycles. The topological polar surface area (TPSA) is 6.48 Å². The first-order valence-electron chi connectivity index (χ1n) is 3.10. The van der Waals surface area contributed by atoms with Gasteiger partial charge in [-0.2, -0.15) is 4.41 Å². The van der Waals surface area contributed by atoms with Gasteiger partial charge in [0.05, 0.1) is 0 Å². The van der Waals surface area contributed by atoms with Gasteiger partial charge in [-0.1, -0.05) is 11.9 Å². The van der Waals surface area contributed by atoms with E-state index in [1.54, 1.807) is 11.9 Å². The molecule has 2 nitrogen and oxygen atoms in total. The molecule has 0 bridgehead atoms. The van der Waals surface area contributed by atoms with Crippen LogP contribution >= 0.6 is 11.9 Å². The molecule has 0 rings (SSSR count). The van der Waals surface area contributed by atoms with Gasteiger partial charge in [-0.3, -0.25) is 0 Å². The predicted molar refractivity (Wildman–Crippen MR) is 44.2 cm³/mol. The van der Waals surface area contributed by atoms with Crippen molar-refractivity contribution in [3.63, 3.8) is 0 Å². The summed E-state index contributed by atoms with van der Waals surface area (Å²) in [6, 6.07) is 0.586. The zero-order chi connectivity index (χ0) is 7.44. The molecule has 0 heterocycles. The average Bonchev–Trinajstić information content (AvgIpc) is 1.84. The van der Waals surface area contributed by atoms with E-state index in [1.165, 1.54) is 0 Å². The minimum absolute atomic E-state index is 0.586. The summed E-state index contributed by atoms with van der Waals surface area (Å²) in [5, 5.41) is 2.19. The van der Waals surface area contributed by atoms with Crippen molar-refractivity contribution in [2.75, 3.05) is 20.4 Å². The van der Waals surface area contributed by atoms with Crippen LogP contribution in [0, 0.1) is 0 Å². The minimum Gasteiger partial charge on any atom is -0.233 e. The van der Waals surface area contributed by atoms with E-state index < -0.39 is 0 Å². The van der Waals surface area contributed by atoms with Crippen LogP contribution in [0.2, 0.25) is 0 Å². The van der Waals surface area contributed by atoms with Crippen LogP contribution in [0.3, 0.4) is 0 Å². The van der Waals surface area contributed by atoms with Crippen LogP contribution in [0.5, 0.6) is 0 Å². The molecule has 0 atom stereocenters. The summed E-state index contributed by atoms with van der Waals surface area (Å²) in [6.45, 7) is 4.35. The number of hydrazine groups is 1. The maximum Gasteiger partial charge on any atom is 0.0195 e. The van der Waals surface area contributed by atoms with Crippen molar-refractivity contribution < 1.29 is 0 Å².